The Morgan fingerprint density at radius 1 is 0.326 bits per heavy atom. The number of aliphatic carboxylic acids is 1. The number of nitrogens with zero attached hydrogens (tertiary/aromatic N) is 1. The molecule has 0 N–H and O–H groups in total. The van der Waals surface area contributed by atoms with Gasteiger partial charge in [0.2, 0.25) is 0 Å². The quantitative estimate of drug-likeness (QED) is 0.0195. The number of carboxylic acids is 1. The maximum atomic E-state index is 13.0. The van der Waals surface area contributed by atoms with Crippen LogP contribution in [0.5, 0.6) is 0 Å². The van der Waals surface area contributed by atoms with Gasteiger partial charge in [-0.15, -0.1) is 0 Å². The number of quaternary nitrogens is 1. The standard InChI is InChI=1S/C86H147NO8/c1-6-8-10-12-14-16-18-20-22-24-26-28-30-32-34-36-38-40-41-42-43-45-47-49-51-53-55-57-59-61-63-65-67-69-71-73-75-77-84(89)95-82(81-94-86(85(90)91)92-79-78-87(3,4)5)80-93-83(88)76-74-72-70-68-66-64-62-60-58-56-54-52-50-48-46-44-39-37-35-33-31-29-27-25-23-21-19-17-15-13-11-9-7-2/h8,10,14,16,19-22,25-28,32,34,38,40,42-43,47,49,53,55,82,86H,6-7,9,11-13,15,17-18,23-24,29-31,33,35-37,39,41,44-46,48,50-52,54,56-81H2,1-5H3/b10-8-,16-14-,21-19-,22-20-,27-25-,28-26-,34-32-,40-38-,43-42-,49-47-,55-53-. The highest BCUT2D eigenvalue weighted by molar-refractivity contribution is 5.70. The number of hydrogen-bond acceptors (Lipinski definition) is 8. The van der Waals surface area contributed by atoms with Crippen LogP contribution >= 0.6 is 0 Å². The van der Waals surface area contributed by atoms with Crippen LogP contribution in [0.25, 0.3) is 0 Å². The van der Waals surface area contributed by atoms with Gasteiger partial charge in [0.25, 0.3) is 0 Å². The van der Waals surface area contributed by atoms with Crippen molar-refractivity contribution in [2.45, 2.75) is 347 Å². The highest BCUT2D eigenvalue weighted by atomic mass is 16.7. The number of unbranched alkanes of at least 4 members (excludes halogenated alkanes) is 35. The van der Waals surface area contributed by atoms with Gasteiger partial charge >= 0.3 is 11.9 Å². The Morgan fingerprint density at radius 3 is 0.895 bits per heavy atom. The first-order chi connectivity index (χ1) is 46.6. The Morgan fingerprint density at radius 2 is 0.600 bits per heavy atom. The summed E-state index contributed by atoms with van der Waals surface area (Å²) in [6.45, 7) is 4.64. The first kappa shape index (κ1) is 90.4. The molecule has 9 heteroatoms. The van der Waals surface area contributed by atoms with Gasteiger partial charge in [-0.05, 0) is 116 Å². The van der Waals surface area contributed by atoms with Crippen LogP contribution in [-0.4, -0.2) is 82.3 Å². The van der Waals surface area contributed by atoms with Crippen molar-refractivity contribution in [3.05, 3.63) is 134 Å². The molecule has 544 valence electrons. The zero-order valence-electron chi connectivity index (χ0n) is 62.3. The van der Waals surface area contributed by atoms with E-state index >= 15 is 0 Å². The van der Waals surface area contributed by atoms with E-state index in [1.165, 1.54) is 193 Å². The van der Waals surface area contributed by atoms with E-state index in [-0.39, 0.29) is 38.6 Å². The summed E-state index contributed by atoms with van der Waals surface area (Å²) in [5.41, 5.74) is 0. The van der Waals surface area contributed by atoms with Crippen molar-refractivity contribution < 1.29 is 42.9 Å². The molecular formula is C86H147NO8. The van der Waals surface area contributed by atoms with Crippen LogP contribution in [0.2, 0.25) is 0 Å². The Hall–Kier alpha value is -4.57. The highest BCUT2D eigenvalue weighted by Crippen LogP contribution is 2.18. The predicted octanol–water partition coefficient (Wildman–Crippen LogP) is 23.9. The van der Waals surface area contributed by atoms with Gasteiger partial charge in [-0.3, -0.25) is 9.59 Å². The summed E-state index contributed by atoms with van der Waals surface area (Å²) in [7, 11) is 5.93. The summed E-state index contributed by atoms with van der Waals surface area (Å²) in [6, 6.07) is 0. The second-order valence-electron chi connectivity index (χ2n) is 27.3. The topological polar surface area (TPSA) is 111 Å². The van der Waals surface area contributed by atoms with E-state index in [9.17, 15) is 19.5 Å². The van der Waals surface area contributed by atoms with Gasteiger partial charge in [0, 0.05) is 12.8 Å². The number of carbonyl (C=O) groups is 3. The largest absolute Gasteiger partial charge is 0.545 e. The monoisotopic (exact) mass is 1320 g/mol. The maximum absolute atomic E-state index is 13.0. The summed E-state index contributed by atoms with van der Waals surface area (Å²) < 4.78 is 22.8. The lowest BCUT2D eigenvalue weighted by Gasteiger charge is -2.26. The number of hydrogen-bond donors (Lipinski definition) is 0. The molecule has 0 radical (unpaired) electrons. The summed E-state index contributed by atoms with van der Waals surface area (Å²) in [5, 5.41) is 11.9. The van der Waals surface area contributed by atoms with Crippen molar-refractivity contribution in [3.63, 3.8) is 0 Å². The van der Waals surface area contributed by atoms with Crippen LogP contribution in [0.3, 0.4) is 0 Å². The van der Waals surface area contributed by atoms with E-state index in [1.54, 1.807) is 0 Å². The molecule has 0 aliphatic heterocycles. The van der Waals surface area contributed by atoms with E-state index in [2.05, 4.69) is 148 Å². The lowest BCUT2D eigenvalue weighted by Crippen LogP contribution is -2.44. The fourth-order valence-corrected chi connectivity index (χ4v) is 10.9. The molecule has 0 rings (SSSR count). The average molecular weight is 1320 g/mol. The number of ether oxygens (including phenoxy) is 4. The third kappa shape index (κ3) is 76.7. The minimum Gasteiger partial charge on any atom is -0.545 e. The molecule has 0 heterocycles. The Bertz CT molecular complexity index is 2030. The molecule has 0 aromatic carbocycles. The molecule has 0 saturated heterocycles. The van der Waals surface area contributed by atoms with Gasteiger partial charge in [-0.25, -0.2) is 0 Å². The fourth-order valence-electron chi connectivity index (χ4n) is 10.9. The van der Waals surface area contributed by atoms with Crippen molar-refractivity contribution in [2.75, 3.05) is 47.5 Å². The van der Waals surface area contributed by atoms with E-state index in [0.29, 0.717) is 17.4 Å². The number of likely N-dealkylation sites (N-methyl/N-ethyl adjacent to an activating group) is 1. The van der Waals surface area contributed by atoms with Crippen LogP contribution in [0.15, 0.2) is 134 Å². The van der Waals surface area contributed by atoms with Crippen LogP contribution < -0.4 is 5.11 Å². The second-order valence-corrected chi connectivity index (χ2v) is 27.3. The molecule has 0 saturated carbocycles. The third-order valence-electron chi connectivity index (χ3n) is 16.9. The number of rotatable bonds is 72. The molecule has 95 heavy (non-hydrogen) atoms. The van der Waals surface area contributed by atoms with E-state index in [1.807, 2.05) is 21.1 Å². The number of allylic oxidation sites excluding steroid dienone is 22. The van der Waals surface area contributed by atoms with Crippen molar-refractivity contribution in [2.24, 2.45) is 0 Å². The zero-order chi connectivity index (χ0) is 69.0. The van der Waals surface area contributed by atoms with Crippen LogP contribution in [0.1, 0.15) is 335 Å². The van der Waals surface area contributed by atoms with Crippen molar-refractivity contribution in [1.82, 2.24) is 0 Å². The average Bonchev–Trinajstić information content (AvgIpc) is 3.75. The Kier molecular flexibility index (Phi) is 71.6. The number of carbonyl (C=O) groups excluding carboxylic acids is 3. The summed E-state index contributed by atoms with van der Waals surface area (Å²) in [5.74, 6) is -2.29. The molecule has 0 amide bonds. The summed E-state index contributed by atoms with van der Waals surface area (Å²) >= 11 is 0. The molecule has 0 aromatic heterocycles. The minimum absolute atomic E-state index is 0.142. The van der Waals surface area contributed by atoms with Crippen LogP contribution in [-0.2, 0) is 33.3 Å². The van der Waals surface area contributed by atoms with E-state index in [4.69, 9.17) is 18.9 Å². The van der Waals surface area contributed by atoms with Crippen LogP contribution in [0.4, 0.5) is 0 Å². The molecule has 0 aromatic rings. The molecule has 0 bridgehead atoms. The van der Waals surface area contributed by atoms with Gasteiger partial charge in [-0.1, -0.05) is 340 Å². The Balaban J connectivity index is 4.09. The van der Waals surface area contributed by atoms with Gasteiger partial charge in [0.1, 0.15) is 13.2 Å². The molecule has 2 unspecified atom stereocenters. The SMILES string of the molecule is CC/C=C\C/C=C\C/C=C\C/C=C\C/C=C\C/C=C\C/C=C\C/C=C\C/C=C\CCCCCCCCCCCC(=O)OC(COC(=O)CCCCCCCCCCCCCCCCCCCCCCC/C=C\C/C=C\CCCCCCC)COC(OCC[N+](C)(C)C)C(=O)[O-]. The summed E-state index contributed by atoms with van der Waals surface area (Å²) in [4.78, 5) is 37.6. The maximum Gasteiger partial charge on any atom is 0.306 e. The third-order valence-corrected chi connectivity index (χ3v) is 16.9. The molecule has 0 spiro atoms. The molecule has 2 atom stereocenters. The zero-order valence-corrected chi connectivity index (χ0v) is 62.3. The van der Waals surface area contributed by atoms with Crippen molar-refractivity contribution in [3.8, 4) is 0 Å². The normalized spacial score (nSPS) is 13.4. The van der Waals surface area contributed by atoms with Crippen molar-refractivity contribution >= 4 is 17.9 Å². The molecule has 0 aliphatic rings. The smallest absolute Gasteiger partial charge is 0.306 e. The highest BCUT2D eigenvalue weighted by Gasteiger charge is 2.22. The first-order valence-electron chi connectivity index (χ1n) is 39.3. The lowest BCUT2D eigenvalue weighted by atomic mass is 10.0. The molecule has 9 nitrogen and oxygen atoms in total. The number of esters is 2. The molecule has 0 aliphatic carbocycles. The van der Waals surface area contributed by atoms with Gasteiger partial charge in [0.15, 0.2) is 12.4 Å². The second kappa shape index (κ2) is 75.2. The minimum atomic E-state index is -1.63. The van der Waals surface area contributed by atoms with E-state index in [0.717, 1.165) is 109 Å². The molecule has 0 fully saturated rings. The van der Waals surface area contributed by atoms with E-state index < -0.39 is 24.3 Å². The van der Waals surface area contributed by atoms with Gasteiger partial charge < -0.3 is 33.3 Å². The van der Waals surface area contributed by atoms with Gasteiger partial charge in [0.05, 0.1) is 40.3 Å². The molecular weight excluding hydrogens is 1170 g/mol. The first-order valence-corrected chi connectivity index (χ1v) is 39.3. The predicted molar refractivity (Wildman–Crippen MR) is 407 cm³/mol. The Labute approximate surface area is 586 Å². The van der Waals surface area contributed by atoms with Crippen LogP contribution in [0, 0.1) is 0 Å². The number of carboxylic acid groups (broad SMARTS) is 1. The van der Waals surface area contributed by atoms with Crippen molar-refractivity contribution in [1.29, 1.82) is 0 Å². The fraction of sp³-hybridized carbons (Fsp3) is 0.709. The lowest BCUT2D eigenvalue weighted by molar-refractivity contribution is -0.870. The summed E-state index contributed by atoms with van der Waals surface area (Å²) in [6.07, 6.45) is 106. The van der Waals surface area contributed by atoms with Gasteiger partial charge in [-0.2, -0.15) is 0 Å².